The van der Waals surface area contributed by atoms with Crippen molar-refractivity contribution in [3.63, 3.8) is 0 Å². The standard InChI is InChI=1S/C20H19ClFN3O3S/c21-15-10-13(3-4-16(15)22)19(27)25-7-5-20(6-8-25)11-17(24-28-20)18(26)23-12-14-2-1-9-29-14/h1-4,9-10H,5-8,11-12H2,(H,23,26). The maximum atomic E-state index is 13.3. The van der Waals surface area contributed by atoms with Crippen LogP contribution >= 0.6 is 22.9 Å². The van der Waals surface area contributed by atoms with Crippen LogP contribution in [0.5, 0.6) is 0 Å². The third kappa shape index (κ3) is 4.28. The molecule has 1 aromatic heterocycles. The van der Waals surface area contributed by atoms with Crippen LogP contribution in [0.4, 0.5) is 4.39 Å². The summed E-state index contributed by atoms with van der Waals surface area (Å²) in [6.07, 6.45) is 1.56. The number of oxime groups is 1. The molecule has 9 heteroatoms. The number of benzene rings is 1. The van der Waals surface area contributed by atoms with Gasteiger partial charge in [0.25, 0.3) is 11.8 Å². The summed E-state index contributed by atoms with van der Waals surface area (Å²) in [5.74, 6) is -0.980. The quantitative estimate of drug-likeness (QED) is 0.797. The predicted molar refractivity (Wildman–Crippen MR) is 109 cm³/mol. The lowest BCUT2D eigenvalue weighted by Gasteiger charge is -2.37. The highest BCUT2D eigenvalue weighted by Crippen LogP contribution is 2.35. The largest absolute Gasteiger partial charge is 0.388 e. The molecule has 6 nitrogen and oxygen atoms in total. The molecule has 0 radical (unpaired) electrons. The molecule has 1 N–H and O–H groups in total. The Morgan fingerprint density at radius 2 is 2.10 bits per heavy atom. The molecule has 152 valence electrons. The molecule has 2 aliphatic heterocycles. The zero-order valence-corrected chi connectivity index (χ0v) is 17.1. The van der Waals surface area contributed by atoms with E-state index in [1.807, 2.05) is 17.5 Å². The second-order valence-corrected chi connectivity index (χ2v) is 8.61. The summed E-state index contributed by atoms with van der Waals surface area (Å²) >= 11 is 7.36. The van der Waals surface area contributed by atoms with Gasteiger partial charge in [-0.05, 0) is 29.6 Å². The first-order valence-electron chi connectivity index (χ1n) is 9.26. The van der Waals surface area contributed by atoms with Crippen molar-refractivity contribution in [2.75, 3.05) is 13.1 Å². The molecule has 0 saturated carbocycles. The van der Waals surface area contributed by atoms with Crippen molar-refractivity contribution >= 4 is 40.5 Å². The van der Waals surface area contributed by atoms with Crippen LogP contribution in [0.1, 0.15) is 34.5 Å². The third-order valence-electron chi connectivity index (χ3n) is 5.23. The second-order valence-electron chi connectivity index (χ2n) is 7.17. The number of hydrogen-bond donors (Lipinski definition) is 1. The Balaban J connectivity index is 1.31. The molecule has 1 spiro atoms. The van der Waals surface area contributed by atoms with Crippen LogP contribution in [0, 0.1) is 5.82 Å². The molecule has 2 aromatic rings. The zero-order chi connectivity index (χ0) is 20.4. The summed E-state index contributed by atoms with van der Waals surface area (Å²) in [4.78, 5) is 33.4. The fourth-order valence-electron chi connectivity index (χ4n) is 3.52. The van der Waals surface area contributed by atoms with Gasteiger partial charge in [-0.15, -0.1) is 11.3 Å². The number of thiophene rings is 1. The molecule has 2 aliphatic rings. The maximum absolute atomic E-state index is 13.3. The summed E-state index contributed by atoms with van der Waals surface area (Å²) in [7, 11) is 0. The Kier molecular flexibility index (Phi) is 5.56. The molecule has 0 atom stereocenters. The molecule has 0 aliphatic carbocycles. The van der Waals surface area contributed by atoms with Crippen molar-refractivity contribution in [3.8, 4) is 0 Å². The van der Waals surface area contributed by atoms with E-state index in [0.717, 1.165) is 4.88 Å². The minimum Gasteiger partial charge on any atom is -0.388 e. The number of amides is 2. The number of carbonyl (C=O) groups excluding carboxylic acids is 2. The van der Waals surface area contributed by atoms with Crippen molar-refractivity contribution in [2.45, 2.75) is 31.4 Å². The van der Waals surface area contributed by atoms with Gasteiger partial charge in [-0.3, -0.25) is 9.59 Å². The Labute approximate surface area is 176 Å². The number of halogens is 2. The summed E-state index contributed by atoms with van der Waals surface area (Å²) < 4.78 is 13.3. The molecular weight excluding hydrogens is 417 g/mol. The van der Waals surface area contributed by atoms with Crippen LogP contribution in [0.25, 0.3) is 0 Å². The summed E-state index contributed by atoms with van der Waals surface area (Å²) in [6.45, 7) is 1.39. The van der Waals surface area contributed by atoms with Crippen LogP contribution in [0.2, 0.25) is 5.02 Å². The number of nitrogens with zero attached hydrogens (tertiary/aromatic N) is 2. The monoisotopic (exact) mass is 435 g/mol. The van der Waals surface area contributed by atoms with Crippen LogP contribution in [0.15, 0.2) is 40.9 Å². The Morgan fingerprint density at radius 3 is 2.79 bits per heavy atom. The second kappa shape index (κ2) is 8.12. The average molecular weight is 436 g/mol. The van der Waals surface area contributed by atoms with Crippen molar-refractivity contribution in [2.24, 2.45) is 5.16 Å². The third-order valence-corrected chi connectivity index (χ3v) is 6.40. The summed E-state index contributed by atoms with van der Waals surface area (Å²) in [5, 5.41) is 8.75. The van der Waals surface area contributed by atoms with E-state index in [9.17, 15) is 14.0 Å². The molecule has 1 fully saturated rings. The number of likely N-dealkylation sites (tertiary alicyclic amines) is 1. The fraction of sp³-hybridized carbons (Fsp3) is 0.350. The normalized spacial score (nSPS) is 17.7. The van der Waals surface area contributed by atoms with E-state index in [-0.39, 0.29) is 16.8 Å². The highest BCUT2D eigenvalue weighted by molar-refractivity contribution is 7.09. The van der Waals surface area contributed by atoms with E-state index in [1.165, 1.54) is 18.2 Å². The van der Waals surface area contributed by atoms with Crippen molar-refractivity contribution in [3.05, 3.63) is 57.0 Å². The smallest absolute Gasteiger partial charge is 0.269 e. The number of piperidine rings is 1. The first-order valence-corrected chi connectivity index (χ1v) is 10.5. The molecule has 4 rings (SSSR count). The molecule has 3 heterocycles. The Morgan fingerprint density at radius 1 is 1.31 bits per heavy atom. The lowest BCUT2D eigenvalue weighted by Crippen LogP contribution is -2.47. The highest BCUT2D eigenvalue weighted by Gasteiger charge is 2.44. The van der Waals surface area contributed by atoms with Gasteiger partial charge in [0.2, 0.25) is 0 Å². The van der Waals surface area contributed by atoms with Gasteiger partial charge in [0.15, 0.2) is 0 Å². The molecule has 1 saturated heterocycles. The molecule has 2 amide bonds. The molecule has 1 aromatic carbocycles. The number of carbonyl (C=O) groups is 2. The summed E-state index contributed by atoms with van der Waals surface area (Å²) in [5.41, 5.74) is 0.184. The van der Waals surface area contributed by atoms with Gasteiger partial charge in [-0.2, -0.15) is 0 Å². The lowest BCUT2D eigenvalue weighted by molar-refractivity contribution is -0.115. The number of hydrogen-bond acceptors (Lipinski definition) is 5. The van der Waals surface area contributed by atoms with Crippen LogP contribution in [-0.4, -0.2) is 41.1 Å². The van der Waals surface area contributed by atoms with Crippen LogP contribution < -0.4 is 5.32 Å². The van der Waals surface area contributed by atoms with E-state index in [1.54, 1.807) is 16.2 Å². The summed E-state index contributed by atoms with van der Waals surface area (Å²) in [6, 6.07) is 7.86. The maximum Gasteiger partial charge on any atom is 0.269 e. The van der Waals surface area contributed by atoms with E-state index in [4.69, 9.17) is 16.4 Å². The lowest BCUT2D eigenvalue weighted by atomic mass is 9.86. The van der Waals surface area contributed by atoms with Crippen molar-refractivity contribution in [1.82, 2.24) is 10.2 Å². The minimum atomic E-state index is -0.554. The highest BCUT2D eigenvalue weighted by atomic mass is 35.5. The van der Waals surface area contributed by atoms with Gasteiger partial charge in [0.05, 0.1) is 11.6 Å². The Bertz CT molecular complexity index is 956. The van der Waals surface area contributed by atoms with E-state index >= 15 is 0 Å². The first kappa shape index (κ1) is 19.8. The van der Waals surface area contributed by atoms with Gasteiger partial charge < -0.3 is 15.1 Å². The van der Waals surface area contributed by atoms with Crippen LogP contribution in [0.3, 0.4) is 0 Å². The number of rotatable bonds is 4. The molecular formula is C20H19ClFN3O3S. The molecule has 0 unspecified atom stereocenters. The fourth-order valence-corrected chi connectivity index (χ4v) is 4.35. The van der Waals surface area contributed by atoms with E-state index in [0.29, 0.717) is 50.2 Å². The Hall–Kier alpha value is -2.45. The van der Waals surface area contributed by atoms with Crippen LogP contribution in [-0.2, 0) is 16.2 Å². The van der Waals surface area contributed by atoms with Gasteiger partial charge in [0, 0.05) is 42.8 Å². The first-order chi connectivity index (χ1) is 14.0. The van der Waals surface area contributed by atoms with Gasteiger partial charge >= 0.3 is 0 Å². The molecule has 0 bridgehead atoms. The minimum absolute atomic E-state index is 0.0740. The van der Waals surface area contributed by atoms with E-state index in [2.05, 4.69) is 10.5 Å². The number of nitrogens with one attached hydrogen (secondary N) is 1. The van der Waals surface area contributed by atoms with E-state index < -0.39 is 11.4 Å². The van der Waals surface area contributed by atoms with Crippen molar-refractivity contribution in [1.29, 1.82) is 0 Å². The van der Waals surface area contributed by atoms with Gasteiger partial charge in [0.1, 0.15) is 17.1 Å². The van der Waals surface area contributed by atoms with Gasteiger partial charge in [-0.1, -0.05) is 22.8 Å². The van der Waals surface area contributed by atoms with Gasteiger partial charge in [-0.25, -0.2) is 4.39 Å². The topological polar surface area (TPSA) is 71.0 Å². The molecule has 29 heavy (non-hydrogen) atoms. The zero-order valence-electron chi connectivity index (χ0n) is 15.5. The predicted octanol–water partition coefficient (Wildman–Crippen LogP) is 3.61. The SMILES string of the molecule is O=C(NCc1cccs1)C1=NOC2(CCN(C(=O)c3ccc(F)c(Cl)c3)CC2)C1. The average Bonchev–Trinajstić information content (AvgIpc) is 3.39. The van der Waals surface area contributed by atoms with Crippen molar-refractivity contribution < 1.29 is 18.8 Å².